The van der Waals surface area contributed by atoms with E-state index in [2.05, 4.69) is 39.2 Å². The van der Waals surface area contributed by atoms with Crippen LogP contribution in [0.2, 0.25) is 0 Å². The lowest BCUT2D eigenvalue weighted by atomic mass is 10.1. The van der Waals surface area contributed by atoms with Crippen molar-refractivity contribution in [1.29, 1.82) is 0 Å². The Morgan fingerprint density at radius 3 is 1.88 bits per heavy atom. The third-order valence-electron chi connectivity index (χ3n) is 3.83. The van der Waals surface area contributed by atoms with Crippen LogP contribution in [0.25, 0.3) is 33.9 Å². The molecule has 0 N–H and O–H groups in total. The van der Waals surface area contributed by atoms with Gasteiger partial charge in [0.25, 0.3) is 0 Å². The van der Waals surface area contributed by atoms with Crippen LogP contribution in [0.5, 0.6) is 0 Å². The van der Waals surface area contributed by atoms with Crippen LogP contribution in [0.1, 0.15) is 0 Å². The van der Waals surface area contributed by atoms with Crippen molar-refractivity contribution in [2.45, 2.75) is 0 Å². The largest absolute Gasteiger partial charge is 0.256 e. The fourth-order valence-electron chi connectivity index (χ4n) is 2.59. The Morgan fingerprint density at radius 1 is 0.458 bits per heavy atom. The van der Waals surface area contributed by atoms with E-state index in [0.29, 0.717) is 0 Å². The van der Waals surface area contributed by atoms with Crippen LogP contribution in [-0.4, -0.2) is 15.0 Å². The van der Waals surface area contributed by atoms with E-state index < -0.39 is 0 Å². The zero-order valence-corrected chi connectivity index (χ0v) is 13.0. The zero-order valence-electron chi connectivity index (χ0n) is 13.0. The molecule has 2 heterocycles. The molecule has 0 spiro atoms. The van der Waals surface area contributed by atoms with Crippen molar-refractivity contribution in [2.75, 3.05) is 0 Å². The summed E-state index contributed by atoms with van der Waals surface area (Å²) in [6, 6.07) is 26.1. The number of hydrogen-bond donors (Lipinski definition) is 0. The Morgan fingerprint density at radius 2 is 1.17 bits per heavy atom. The summed E-state index contributed by atoms with van der Waals surface area (Å²) >= 11 is 0. The number of hydrogen-bond acceptors (Lipinski definition) is 3. The fraction of sp³-hybridized carbons (Fsp3) is 0. The molecule has 0 aliphatic rings. The van der Waals surface area contributed by atoms with Crippen LogP contribution in [0.3, 0.4) is 0 Å². The highest BCUT2D eigenvalue weighted by Crippen LogP contribution is 2.24. The maximum absolute atomic E-state index is 4.69. The van der Waals surface area contributed by atoms with Gasteiger partial charge in [-0.2, -0.15) is 0 Å². The Bertz CT molecular complexity index is 933. The van der Waals surface area contributed by atoms with Crippen molar-refractivity contribution in [1.82, 2.24) is 15.0 Å². The van der Waals surface area contributed by atoms with Gasteiger partial charge in [-0.3, -0.25) is 4.98 Å². The highest BCUT2D eigenvalue weighted by atomic mass is 14.9. The van der Waals surface area contributed by atoms with Gasteiger partial charge in [0.2, 0.25) is 0 Å². The number of rotatable bonds is 3. The lowest BCUT2D eigenvalue weighted by Gasteiger charge is -2.06. The van der Waals surface area contributed by atoms with Gasteiger partial charge in [0.05, 0.1) is 11.4 Å². The molecule has 0 fully saturated rings. The Labute approximate surface area is 140 Å². The van der Waals surface area contributed by atoms with E-state index in [1.54, 1.807) is 12.4 Å². The van der Waals surface area contributed by atoms with Crippen molar-refractivity contribution in [3.8, 4) is 33.9 Å². The number of nitrogens with zero attached hydrogens (tertiary/aromatic N) is 3. The summed E-state index contributed by atoms with van der Waals surface area (Å²) in [5.74, 6) is 0.738. The van der Waals surface area contributed by atoms with Crippen molar-refractivity contribution in [2.24, 2.45) is 0 Å². The van der Waals surface area contributed by atoms with Gasteiger partial charge in [0.15, 0.2) is 5.82 Å². The smallest absolute Gasteiger partial charge is 0.159 e. The molecule has 0 saturated heterocycles. The van der Waals surface area contributed by atoms with Crippen molar-refractivity contribution in [3.05, 3.63) is 91.3 Å². The van der Waals surface area contributed by atoms with Crippen LogP contribution in [0, 0.1) is 0 Å². The van der Waals surface area contributed by atoms with Crippen LogP contribution < -0.4 is 0 Å². The third kappa shape index (κ3) is 2.92. The molecular formula is C21H15N3. The van der Waals surface area contributed by atoms with Crippen LogP contribution in [0.15, 0.2) is 91.3 Å². The van der Waals surface area contributed by atoms with Crippen LogP contribution >= 0.6 is 0 Å². The van der Waals surface area contributed by atoms with Crippen LogP contribution in [-0.2, 0) is 0 Å². The monoisotopic (exact) mass is 309 g/mol. The molecule has 0 bridgehead atoms. The van der Waals surface area contributed by atoms with E-state index in [0.717, 1.165) is 33.9 Å². The molecule has 3 nitrogen and oxygen atoms in total. The standard InChI is InChI=1S/C21H15N3/c1-2-6-18(7-3-1)21-23-15-13-20(24-21)17-11-9-16(10-12-17)19-8-4-5-14-22-19/h1-15H. The molecule has 0 aliphatic carbocycles. The van der Waals surface area contributed by atoms with E-state index in [9.17, 15) is 0 Å². The normalized spacial score (nSPS) is 10.5. The summed E-state index contributed by atoms with van der Waals surface area (Å²) in [4.78, 5) is 13.4. The average Bonchev–Trinajstić information content (AvgIpc) is 2.70. The summed E-state index contributed by atoms with van der Waals surface area (Å²) in [5.41, 5.74) is 5.06. The first-order chi connectivity index (χ1) is 11.9. The van der Waals surface area contributed by atoms with Gasteiger partial charge < -0.3 is 0 Å². The maximum Gasteiger partial charge on any atom is 0.159 e. The van der Waals surface area contributed by atoms with Gasteiger partial charge in [-0.15, -0.1) is 0 Å². The summed E-state index contributed by atoms with van der Waals surface area (Å²) in [6.45, 7) is 0. The maximum atomic E-state index is 4.69. The zero-order chi connectivity index (χ0) is 16.2. The summed E-state index contributed by atoms with van der Waals surface area (Å²) in [7, 11) is 0. The Hall–Kier alpha value is -3.33. The molecule has 2 aromatic carbocycles. The summed E-state index contributed by atoms with van der Waals surface area (Å²) in [6.07, 6.45) is 3.61. The quantitative estimate of drug-likeness (QED) is 0.542. The van der Waals surface area contributed by atoms with Crippen molar-refractivity contribution >= 4 is 0 Å². The number of benzene rings is 2. The van der Waals surface area contributed by atoms with Gasteiger partial charge in [-0.1, -0.05) is 60.7 Å². The fourth-order valence-corrected chi connectivity index (χ4v) is 2.59. The van der Waals surface area contributed by atoms with Gasteiger partial charge in [-0.25, -0.2) is 9.97 Å². The summed E-state index contributed by atoms with van der Waals surface area (Å²) in [5, 5.41) is 0. The van der Waals surface area contributed by atoms with Gasteiger partial charge in [-0.05, 0) is 18.2 Å². The highest BCUT2D eigenvalue weighted by molar-refractivity contribution is 5.68. The van der Waals surface area contributed by atoms with Crippen molar-refractivity contribution < 1.29 is 0 Å². The minimum Gasteiger partial charge on any atom is -0.256 e. The second-order valence-corrected chi connectivity index (χ2v) is 5.42. The van der Waals surface area contributed by atoms with E-state index >= 15 is 0 Å². The Balaban J connectivity index is 1.67. The molecule has 4 aromatic rings. The number of pyridine rings is 1. The Kier molecular flexibility index (Phi) is 3.82. The second-order valence-electron chi connectivity index (χ2n) is 5.42. The molecule has 0 aliphatic heterocycles. The van der Waals surface area contributed by atoms with E-state index in [4.69, 9.17) is 0 Å². The molecule has 0 atom stereocenters. The van der Waals surface area contributed by atoms with Crippen molar-refractivity contribution in [3.63, 3.8) is 0 Å². The van der Waals surface area contributed by atoms with Gasteiger partial charge in [0, 0.05) is 29.1 Å². The molecule has 4 rings (SSSR count). The molecule has 0 saturated carbocycles. The van der Waals surface area contributed by atoms with Gasteiger partial charge in [0.1, 0.15) is 0 Å². The SMILES string of the molecule is c1ccc(-c2nccc(-c3ccc(-c4ccccn4)cc3)n2)cc1. The lowest BCUT2D eigenvalue weighted by Crippen LogP contribution is -1.91. The predicted molar refractivity (Wildman–Crippen MR) is 96.1 cm³/mol. The average molecular weight is 309 g/mol. The molecular weight excluding hydrogens is 294 g/mol. The minimum atomic E-state index is 0.738. The van der Waals surface area contributed by atoms with E-state index in [1.807, 2.05) is 54.6 Å². The number of aromatic nitrogens is 3. The third-order valence-corrected chi connectivity index (χ3v) is 3.83. The second kappa shape index (κ2) is 6.42. The van der Waals surface area contributed by atoms with E-state index in [-0.39, 0.29) is 0 Å². The van der Waals surface area contributed by atoms with Gasteiger partial charge >= 0.3 is 0 Å². The van der Waals surface area contributed by atoms with Crippen LogP contribution in [0.4, 0.5) is 0 Å². The first-order valence-electron chi connectivity index (χ1n) is 7.80. The molecule has 114 valence electrons. The molecule has 0 radical (unpaired) electrons. The lowest BCUT2D eigenvalue weighted by molar-refractivity contribution is 1.18. The highest BCUT2D eigenvalue weighted by Gasteiger charge is 2.05. The topological polar surface area (TPSA) is 38.7 Å². The first kappa shape index (κ1) is 14.3. The molecule has 2 aromatic heterocycles. The predicted octanol–water partition coefficient (Wildman–Crippen LogP) is 4.87. The first-order valence-corrected chi connectivity index (χ1v) is 7.80. The molecule has 3 heteroatoms. The molecule has 0 unspecified atom stereocenters. The molecule has 24 heavy (non-hydrogen) atoms. The molecule has 0 amide bonds. The summed E-state index contributed by atoms with van der Waals surface area (Å²) < 4.78 is 0. The minimum absolute atomic E-state index is 0.738. The van der Waals surface area contributed by atoms with E-state index in [1.165, 1.54) is 0 Å².